The van der Waals surface area contributed by atoms with Crippen molar-refractivity contribution in [3.05, 3.63) is 106 Å². The van der Waals surface area contributed by atoms with Gasteiger partial charge < -0.3 is 10.6 Å². The van der Waals surface area contributed by atoms with Gasteiger partial charge in [-0.25, -0.2) is 4.98 Å². The third-order valence-corrected chi connectivity index (χ3v) is 5.20. The van der Waals surface area contributed by atoms with Crippen LogP contribution in [0.4, 0.5) is 17.3 Å². The predicted octanol–water partition coefficient (Wildman–Crippen LogP) is 4.11. The molecule has 1 amide bonds. The molecule has 0 aliphatic heterocycles. The number of carbonyl (C=O) groups excluding carboxylic acids is 2. The SMILES string of the molecule is Cc1ccc(Nc2nc(-c3cccc(NC(=O)C(=O)Cc4ccccc4)c3)c(C#N)c(=O)[nH]2)cc1. The monoisotopic (exact) mass is 463 g/mol. The first-order chi connectivity index (χ1) is 16.9. The number of benzene rings is 3. The Labute approximate surface area is 201 Å². The number of hydrogen-bond donors (Lipinski definition) is 3. The van der Waals surface area contributed by atoms with Gasteiger partial charge in [0, 0.05) is 23.4 Å². The zero-order chi connectivity index (χ0) is 24.8. The first kappa shape index (κ1) is 23.1. The van der Waals surface area contributed by atoms with Crippen molar-refractivity contribution in [2.45, 2.75) is 13.3 Å². The molecule has 0 saturated carbocycles. The molecule has 0 atom stereocenters. The molecular formula is C27H21N5O3. The van der Waals surface area contributed by atoms with E-state index in [1.165, 1.54) is 0 Å². The van der Waals surface area contributed by atoms with Crippen molar-refractivity contribution in [2.75, 3.05) is 10.6 Å². The number of nitriles is 1. The van der Waals surface area contributed by atoms with E-state index in [0.29, 0.717) is 16.9 Å². The molecule has 0 radical (unpaired) electrons. The molecule has 0 spiro atoms. The van der Waals surface area contributed by atoms with Gasteiger partial charge in [-0.3, -0.25) is 19.4 Å². The molecule has 4 aromatic rings. The fourth-order valence-electron chi connectivity index (χ4n) is 3.43. The summed E-state index contributed by atoms with van der Waals surface area (Å²) in [6.07, 6.45) is -0.0192. The van der Waals surface area contributed by atoms with Crippen molar-refractivity contribution in [1.29, 1.82) is 5.26 Å². The number of nitrogens with one attached hydrogen (secondary N) is 3. The van der Waals surface area contributed by atoms with Crippen molar-refractivity contribution in [3.63, 3.8) is 0 Å². The normalized spacial score (nSPS) is 10.3. The lowest BCUT2D eigenvalue weighted by atomic mass is 10.1. The molecule has 1 aromatic heterocycles. The van der Waals surface area contributed by atoms with Gasteiger partial charge in [-0.2, -0.15) is 5.26 Å². The van der Waals surface area contributed by atoms with E-state index in [1.54, 1.807) is 48.5 Å². The molecule has 8 heteroatoms. The maximum absolute atomic E-state index is 12.6. The number of aryl methyl sites for hydroxylation is 1. The summed E-state index contributed by atoms with van der Waals surface area (Å²) >= 11 is 0. The summed E-state index contributed by atoms with van der Waals surface area (Å²) in [5.41, 5.74) is 2.70. The second-order valence-corrected chi connectivity index (χ2v) is 7.86. The van der Waals surface area contributed by atoms with Crippen molar-refractivity contribution in [3.8, 4) is 17.3 Å². The van der Waals surface area contributed by atoms with Crippen LogP contribution in [0.1, 0.15) is 16.7 Å². The van der Waals surface area contributed by atoms with Crippen LogP contribution in [-0.4, -0.2) is 21.7 Å². The molecule has 0 aliphatic rings. The number of aromatic amines is 1. The van der Waals surface area contributed by atoms with E-state index in [0.717, 1.165) is 11.1 Å². The van der Waals surface area contributed by atoms with Crippen LogP contribution in [0.25, 0.3) is 11.3 Å². The second-order valence-electron chi connectivity index (χ2n) is 7.86. The van der Waals surface area contributed by atoms with Gasteiger partial charge in [0.25, 0.3) is 11.5 Å². The summed E-state index contributed by atoms with van der Waals surface area (Å²) < 4.78 is 0. The number of Topliss-reactive ketones (excluding diaryl/α,β-unsaturated/α-hetero) is 1. The number of carbonyl (C=O) groups is 2. The summed E-state index contributed by atoms with van der Waals surface area (Å²) in [5.74, 6) is -1.18. The lowest BCUT2D eigenvalue weighted by Crippen LogP contribution is -2.24. The number of amides is 1. The van der Waals surface area contributed by atoms with Crippen LogP contribution in [0.5, 0.6) is 0 Å². The maximum atomic E-state index is 12.6. The molecule has 4 rings (SSSR count). The molecule has 3 aromatic carbocycles. The van der Waals surface area contributed by atoms with E-state index < -0.39 is 17.2 Å². The molecule has 35 heavy (non-hydrogen) atoms. The minimum atomic E-state index is -0.757. The third-order valence-electron chi connectivity index (χ3n) is 5.20. The summed E-state index contributed by atoms with van der Waals surface area (Å²) in [6, 6.07) is 24.9. The number of nitrogens with zero attached hydrogens (tertiary/aromatic N) is 2. The van der Waals surface area contributed by atoms with Crippen LogP contribution in [0, 0.1) is 18.3 Å². The average molecular weight is 463 g/mol. The van der Waals surface area contributed by atoms with E-state index in [-0.39, 0.29) is 23.6 Å². The van der Waals surface area contributed by atoms with Gasteiger partial charge in [0.15, 0.2) is 0 Å². The highest BCUT2D eigenvalue weighted by molar-refractivity contribution is 6.41. The molecule has 3 N–H and O–H groups in total. The standard InChI is InChI=1S/C27H21N5O3/c1-17-10-12-20(13-11-17)30-27-31-24(22(16-28)25(34)32-27)19-8-5-9-21(15-19)29-26(35)23(33)14-18-6-3-2-4-7-18/h2-13,15H,14H2,1H3,(H,29,35)(H2,30,31,32,34). The molecule has 0 fully saturated rings. The number of aromatic nitrogens is 2. The molecule has 0 unspecified atom stereocenters. The minimum Gasteiger partial charge on any atom is -0.326 e. The van der Waals surface area contributed by atoms with Gasteiger partial charge in [-0.1, -0.05) is 60.2 Å². The highest BCUT2D eigenvalue weighted by Crippen LogP contribution is 2.24. The fourth-order valence-corrected chi connectivity index (χ4v) is 3.43. The number of anilines is 3. The Morgan fingerprint density at radius 3 is 2.43 bits per heavy atom. The van der Waals surface area contributed by atoms with Gasteiger partial charge in [0.05, 0.1) is 5.69 Å². The topological polar surface area (TPSA) is 128 Å². The molecular weight excluding hydrogens is 442 g/mol. The maximum Gasteiger partial charge on any atom is 0.292 e. The number of hydrogen-bond acceptors (Lipinski definition) is 6. The average Bonchev–Trinajstić information content (AvgIpc) is 2.86. The molecule has 0 aliphatic carbocycles. The lowest BCUT2D eigenvalue weighted by molar-refractivity contribution is -0.134. The van der Waals surface area contributed by atoms with Crippen LogP contribution in [0.2, 0.25) is 0 Å². The Bertz CT molecular complexity index is 1490. The van der Waals surface area contributed by atoms with Gasteiger partial charge in [-0.05, 0) is 36.8 Å². The Morgan fingerprint density at radius 2 is 1.71 bits per heavy atom. The lowest BCUT2D eigenvalue weighted by Gasteiger charge is -2.10. The van der Waals surface area contributed by atoms with Crippen molar-refractivity contribution in [2.24, 2.45) is 0 Å². The van der Waals surface area contributed by atoms with E-state index in [9.17, 15) is 19.6 Å². The van der Waals surface area contributed by atoms with Crippen LogP contribution in [0.3, 0.4) is 0 Å². The quantitative estimate of drug-likeness (QED) is 0.354. The zero-order valence-electron chi connectivity index (χ0n) is 18.8. The number of ketones is 1. The summed E-state index contributed by atoms with van der Waals surface area (Å²) in [7, 11) is 0. The second kappa shape index (κ2) is 10.3. The molecule has 0 bridgehead atoms. The van der Waals surface area contributed by atoms with Crippen molar-refractivity contribution in [1.82, 2.24) is 9.97 Å². The zero-order valence-corrected chi connectivity index (χ0v) is 18.8. The summed E-state index contributed by atoms with van der Waals surface area (Å²) in [5, 5.41) is 15.2. The van der Waals surface area contributed by atoms with Gasteiger partial charge in [0.2, 0.25) is 11.7 Å². The summed E-state index contributed by atoms with van der Waals surface area (Å²) in [4.78, 5) is 44.3. The van der Waals surface area contributed by atoms with Crippen molar-refractivity contribution < 1.29 is 9.59 Å². The van der Waals surface area contributed by atoms with Gasteiger partial charge in [0.1, 0.15) is 11.6 Å². The van der Waals surface area contributed by atoms with Crippen LogP contribution in [0.15, 0.2) is 83.7 Å². The molecule has 8 nitrogen and oxygen atoms in total. The smallest absolute Gasteiger partial charge is 0.292 e. The predicted molar refractivity (Wildman–Crippen MR) is 133 cm³/mol. The fraction of sp³-hybridized carbons (Fsp3) is 0.0741. The van der Waals surface area contributed by atoms with Crippen LogP contribution >= 0.6 is 0 Å². The Morgan fingerprint density at radius 1 is 0.971 bits per heavy atom. The first-order valence-electron chi connectivity index (χ1n) is 10.8. The largest absolute Gasteiger partial charge is 0.326 e. The molecule has 0 saturated heterocycles. The van der Waals surface area contributed by atoms with Gasteiger partial charge in [-0.15, -0.1) is 0 Å². The summed E-state index contributed by atoms with van der Waals surface area (Å²) in [6.45, 7) is 1.96. The first-order valence-corrected chi connectivity index (χ1v) is 10.8. The highest BCUT2D eigenvalue weighted by Gasteiger charge is 2.17. The van der Waals surface area contributed by atoms with Crippen LogP contribution < -0.4 is 16.2 Å². The molecule has 1 heterocycles. The Kier molecular flexibility index (Phi) is 6.79. The highest BCUT2D eigenvalue weighted by atomic mass is 16.2. The van der Waals surface area contributed by atoms with E-state index in [2.05, 4.69) is 20.6 Å². The minimum absolute atomic E-state index is 0.0192. The van der Waals surface area contributed by atoms with E-state index in [1.807, 2.05) is 43.3 Å². The van der Waals surface area contributed by atoms with E-state index in [4.69, 9.17) is 0 Å². The molecule has 172 valence electrons. The van der Waals surface area contributed by atoms with Crippen LogP contribution in [-0.2, 0) is 16.0 Å². The number of rotatable bonds is 7. The van der Waals surface area contributed by atoms with Crippen molar-refractivity contribution >= 4 is 29.0 Å². The number of H-pyrrole nitrogens is 1. The Balaban J connectivity index is 1.59. The third kappa shape index (κ3) is 5.67. The van der Waals surface area contributed by atoms with E-state index >= 15 is 0 Å². The Hall–Kier alpha value is -5.03. The van der Waals surface area contributed by atoms with Gasteiger partial charge >= 0.3 is 0 Å².